The average Bonchev–Trinajstić information content (AvgIpc) is 2.60. The molecular weight excluding hydrogens is 338 g/mol. The monoisotopic (exact) mass is 359 g/mol. The number of nitrogens with one attached hydrogen (secondary N) is 2. The Morgan fingerprint density at radius 3 is 2.20 bits per heavy atom. The van der Waals surface area contributed by atoms with Crippen LogP contribution < -0.4 is 10.6 Å². The van der Waals surface area contributed by atoms with E-state index in [0.717, 1.165) is 5.69 Å². The van der Waals surface area contributed by atoms with Crippen LogP contribution in [0.2, 0.25) is 0 Å². The van der Waals surface area contributed by atoms with Gasteiger partial charge in [0.1, 0.15) is 0 Å². The lowest BCUT2D eigenvalue weighted by molar-refractivity contribution is -0.384. The van der Waals surface area contributed by atoms with Gasteiger partial charge in [-0.15, -0.1) is 0 Å². The first-order chi connectivity index (χ1) is 11.9. The zero-order valence-electron chi connectivity index (χ0n) is 14.1. The van der Waals surface area contributed by atoms with Gasteiger partial charge in [0.2, 0.25) is 0 Å². The molecule has 7 heteroatoms. The fraction of sp³-hybridized carbons (Fsp3) is 0.278. The van der Waals surface area contributed by atoms with E-state index in [1.54, 1.807) is 0 Å². The molecule has 0 spiro atoms. The van der Waals surface area contributed by atoms with Gasteiger partial charge in [0.15, 0.2) is 5.11 Å². The number of benzene rings is 2. The van der Waals surface area contributed by atoms with Crippen molar-refractivity contribution in [2.75, 3.05) is 11.9 Å². The molecule has 6 nitrogen and oxygen atoms in total. The van der Waals surface area contributed by atoms with Crippen LogP contribution in [0, 0.1) is 10.1 Å². The number of aliphatic hydroxyl groups excluding tert-OH is 1. The first kappa shape index (κ1) is 18.8. The van der Waals surface area contributed by atoms with Gasteiger partial charge >= 0.3 is 0 Å². The topological polar surface area (TPSA) is 87.4 Å². The van der Waals surface area contributed by atoms with Gasteiger partial charge < -0.3 is 15.7 Å². The summed E-state index contributed by atoms with van der Waals surface area (Å²) >= 11 is 5.22. The molecule has 2 aromatic carbocycles. The van der Waals surface area contributed by atoms with Crippen molar-refractivity contribution in [2.45, 2.75) is 25.9 Å². The summed E-state index contributed by atoms with van der Waals surface area (Å²) in [5.74, 6) is 0.468. The van der Waals surface area contributed by atoms with Crippen LogP contribution in [0.3, 0.4) is 0 Å². The summed E-state index contributed by atoms with van der Waals surface area (Å²) in [4.78, 5) is 10.2. The Labute approximate surface area is 152 Å². The summed E-state index contributed by atoms with van der Waals surface area (Å²) in [5, 5.41) is 27.2. The van der Waals surface area contributed by atoms with Gasteiger partial charge in [-0.1, -0.05) is 26.0 Å². The molecular formula is C18H21N3O3S. The highest BCUT2D eigenvalue weighted by Crippen LogP contribution is 2.18. The zero-order valence-corrected chi connectivity index (χ0v) is 14.9. The Hall–Kier alpha value is -2.51. The minimum Gasteiger partial charge on any atom is -0.387 e. The summed E-state index contributed by atoms with van der Waals surface area (Å²) < 4.78 is 0. The molecule has 0 bridgehead atoms. The Bertz CT molecular complexity index is 730. The zero-order chi connectivity index (χ0) is 18.4. The summed E-state index contributed by atoms with van der Waals surface area (Å²) in [5.41, 5.74) is 2.69. The fourth-order valence-corrected chi connectivity index (χ4v) is 2.45. The van der Waals surface area contributed by atoms with Crippen LogP contribution in [0.25, 0.3) is 0 Å². The molecule has 0 heterocycles. The first-order valence-electron chi connectivity index (χ1n) is 7.94. The van der Waals surface area contributed by atoms with E-state index in [0.29, 0.717) is 16.6 Å². The van der Waals surface area contributed by atoms with Crippen LogP contribution in [0.1, 0.15) is 37.0 Å². The Morgan fingerprint density at radius 1 is 1.12 bits per heavy atom. The molecule has 0 amide bonds. The second kappa shape index (κ2) is 8.55. The molecule has 25 heavy (non-hydrogen) atoms. The SMILES string of the molecule is CC(C)c1ccc(NC(=S)NC[C@H](O)c2ccc([N+](=O)[O-])cc2)cc1. The highest BCUT2D eigenvalue weighted by Gasteiger charge is 2.11. The van der Waals surface area contributed by atoms with Gasteiger partial charge in [-0.05, 0) is 53.5 Å². The Kier molecular flexibility index (Phi) is 6.44. The summed E-state index contributed by atoms with van der Waals surface area (Å²) in [7, 11) is 0. The molecule has 0 saturated heterocycles. The van der Waals surface area contributed by atoms with Gasteiger partial charge in [0.25, 0.3) is 5.69 Å². The molecule has 0 radical (unpaired) electrons. The van der Waals surface area contributed by atoms with Crippen molar-refractivity contribution in [1.82, 2.24) is 5.32 Å². The lowest BCUT2D eigenvalue weighted by atomic mass is 10.0. The number of hydrogen-bond donors (Lipinski definition) is 3. The summed E-state index contributed by atoms with van der Waals surface area (Å²) in [6.07, 6.45) is -0.816. The van der Waals surface area contributed by atoms with Gasteiger partial charge in [0, 0.05) is 24.4 Å². The minimum atomic E-state index is -0.816. The maximum Gasteiger partial charge on any atom is 0.269 e. The van der Waals surface area contributed by atoms with E-state index in [2.05, 4.69) is 24.5 Å². The molecule has 2 rings (SSSR count). The van der Waals surface area contributed by atoms with Gasteiger partial charge in [-0.2, -0.15) is 0 Å². The lowest BCUT2D eigenvalue weighted by Crippen LogP contribution is -2.32. The molecule has 0 saturated carbocycles. The minimum absolute atomic E-state index is 0.00839. The van der Waals surface area contributed by atoms with Crippen molar-refractivity contribution in [3.63, 3.8) is 0 Å². The lowest BCUT2D eigenvalue weighted by Gasteiger charge is -2.15. The van der Waals surface area contributed by atoms with Crippen LogP contribution in [0.5, 0.6) is 0 Å². The predicted octanol–water partition coefficient (Wildman–Crippen LogP) is 3.74. The fourth-order valence-electron chi connectivity index (χ4n) is 2.25. The second-order valence-electron chi connectivity index (χ2n) is 5.98. The molecule has 0 aliphatic carbocycles. The highest BCUT2D eigenvalue weighted by molar-refractivity contribution is 7.80. The largest absolute Gasteiger partial charge is 0.387 e. The van der Waals surface area contributed by atoms with Gasteiger partial charge in [-0.25, -0.2) is 0 Å². The van der Waals surface area contributed by atoms with Gasteiger partial charge in [0.05, 0.1) is 11.0 Å². The van der Waals surface area contributed by atoms with Crippen molar-refractivity contribution >= 4 is 28.7 Å². The molecule has 0 aliphatic rings. The van der Waals surface area contributed by atoms with Crippen molar-refractivity contribution in [3.8, 4) is 0 Å². The smallest absolute Gasteiger partial charge is 0.269 e. The van der Waals surface area contributed by atoms with E-state index in [-0.39, 0.29) is 12.2 Å². The number of aliphatic hydroxyl groups is 1. The number of hydrogen-bond acceptors (Lipinski definition) is 4. The van der Waals surface area contributed by atoms with E-state index < -0.39 is 11.0 Å². The van der Waals surface area contributed by atoms with Crippen LogP contribution in [-0.2, 0) is 0 Å². The van der Waals surface area contributed by atoms with Crippen LogP contribution >= 0.6 is 12.2 Å². The quantitative estimate of drug-likeness (QED) is 0.414. The molecule has 2 aromatic rings. The number of thiocarbonyl (C=S) groups is 1. The predicted molar refractivity (Wildman–Crippen MR) is 103 cm³/mol. The van der Waals surface area contributed by atoms with E-state index in [1.165, 1.54) is 29.8 Å². The molecule has 3 N–H and O–H groups in total. The standard InChI is InChI=1S/C18H21N3O3S/c1-12(2)13-3-7-15(8-4-13)20-18(25)19-11-17(22)14-5-9-16(10-6-14)21(23)24/h3-10,12,17,22H,11H2,1-2H3,(H2,19,20,25)/t17-/m0/s1. The third-order valence-electron chi connectivity index (χ3n) is 3.78. The molecule has 0 fully saturated rings. The number of nitrogens with zero attached hydrogens (tertiary/aromatic N) is 1. The third kappa shape index (κ3) is 5.51. The second-order valence-corrected chi connectivity index (χ2v) is 6.38. The first-order valence-corrected chi connectivity index (χ1v) is 8.35. The van der Waals surface area contributed by atoms with E-state index in [9.17, 15) is 15.2 Å². The van der Waals surface area contributed by atoms with Crippen molar-refractivity contribution < 1.29 is 10.0 Å². The van der Waals surface area contributed by atoms with Crippen molar-refractivity contribution in [1.29, 1.82) is 0 Å². The van der Waals surface area contributed by atoms with Crippen molar-refractivity contribution in [3.05, 3.63) is 69.8 Å². The van der Waals surface area contributed by atoms with Gasteiger partial charge in [-0.3, -0.25) is 10.1 Å². The van der Waals surface area contributed by atoms with E-state index in [4.69, 9.17) is 12.2 Å². The maximum atomic E-state index is 10.6. The summed E-state index contributed by atoms with van der Waals surface area (Å²) in [6.45, 7) is 4.47. The molecule has 1 atom stereocenters. The van der Waals surface area contributed by atoms with Crippen LogP contribution in [0.15, 0.2) is 48.5 Å². The molecule has 0 unspecified atom stereocenters. The third-order valence-corrected chi connectivity index (χ3v) is 4.03. The van der Waals surface area contributed by atoms with Crippen molar-refractivity contribution in [2.24, 2.45) is 0 Å². The number of nitro groups is 1. The molecule has 0 aliphatic heterocycles. The normalized spacial score (nSPS) is 11.8. The Morgan fingerprint density at radius 2 is 1.68 bits per heavy atom. The van der Waals surface area contributed by atoms with E-state index >= 15 is 0 Å². The average molecular weight is 359 g/mol. The molecule has 0 aromatic heterocycles. The molecule has 132 valence electrons. The highest BCUT2D eigenvalue weighted by atomic mass is 32.1. The number of nitro benzene ring substituents is 1. The Balaban J connectivity index is 1.85. The summed E-state index contributed by atoms with van der Waals surface area (Å²) in [6, 6.07) is 13.8. The van der Waals surface area contributed by atoms with Crippen LogP contribution in [0.4, 0.5) is 11.4 Å². The number of anilines is 1. The number of non-ortho nitro benzene ring substituents is 1. The number of rotatable bonds is 6. The van der Waals surface area contributed by atoms with E-state index in [1.807, 2.05) is 24.3 Å². The van der Waals surface area contributed by atoms with Crippen LogP contribution in [-0.4, -0.2) is 21.7 Å². The maximum absolute atomic E-state index is 10.6.